The Balaban J connectivity index is 2.48. The summed E-state index contributed by atoms with van der Waals surface area (Å²) in [6.45, 7) is 4.20. The Bertz CT molecular complexity index is 412. The van der Waals surface area contributed by atoms with Gasteiger partial charge in [-0.15, -0.1) is 6.58 Å². The summed E-state index contributed by atoms with van der Waals surface area (Å²) in [6.07, 6.45) is 1.66. The number of ether oxygens (including phenoxy) is 1. The molecule has 1 rings (SSSR count). The van der Waals surface area contributed by atoms with Crippen LogP contribution in [0.1, 0.15) is 5.56 Å². The quantitative estimate of drug-likeness (QED) is 0.168. The van der Waals surface area contributed by atoms with Gasteiger partial charge < -0.3 is 15.8 Å². The third-order valence-corrected chi connectivity index (χ3v) is 1.96. The van der Waals surface area contributed by atoms with Crippen LogP contribution in [0.4, 0.5) is 0 Å². The summed E-state index contributed by atoms with van der Waals surface area (Å²) in [5.41, 5.74) is 5.89. The predicted molar refractivity (Wildman–Crippen MR) is 66.2 cm³/mol. The van der Waals surface area contributed by atoms with Crippen molar-refractivity contribution in [2.45, 2.75) is 0 Å². The Labute approximate surface area is 99.8 Å². The molecule has 0 unspecified atom stereocenters. The number of carbonyl (C=O) groups excluding carboxylic acids is 1. The zero-order valence-corrected chi connectivity index (χ0v) is 9.40. The summed E-state index contributed by atoms with van der Waals surface area (Å²) in [5, 5.41) is 10.0. The largest absolute Gasteiger partial charge is 0.426 e. The monoisotopic (exact) mass is 233 g/mol. The number of nitrogen functional groups attached to an aromatic ring is 1. The average molecular weight is 233 g/mol. The number of hydrogen-bond acceptors (Lipinski definition) is 4. The highest BCUT2D eigenvalue weighted by Crippen LogP contribution is 2.11. The van der Waals surface area contributed by atoms with E-state index >= 15 is 0 Å². The van der Waals surface area contributed by atoms with E-state index < -0.39 is 0 Å². The van der Waals surface area contributed by atoms with Crippen LogP contribution >= 0.6 is 0 Å². The molecule has 0 aromatic heterocycles. The minimum atomic E-state index is -0.373. The van der Waals surface area contributed by atoms with E-state index in [-0.39, 0.29) is 18.3 Å². The fourth-order valence-corrected chi connectivity index (χ4v) is 1.15. The van der Waals surface area contributed by atoms with Gasteiger partial charge in [-0.2, -0.15) is 0 Å². The van der Waals surface area contributed by atoms with E-state index in [9.17, 15) is 4.79 Å². The summed E-state index contributed by atoms with van der Waals surface area (Å²) in [7, 11) is 0. The van der Waals surface area contributed by atoms with Crippen LogP contribution in [-0.2, 0) is 4.79 Å². The molecule has 0 bridgehead atoms. The van der Waals surface area contributed by atoms with Gasteiger partial charge in [0, 0.05) is 12.1 Å². The smallest absolute Gasteiger partial charge is 0.325 e. The van der Waals surface area contributed by atoms with Gasteiger partial charge in [0.2, 0.25) is 0 Å². The number of carbonyl (C=O) groups is 1. The molecule has 5 heteroatoms. The van der Waals surface area contributed by atoms with Crippen LogP contribution in [0.3, 0.4) is 0 Å². The zero-order chi connectivity index (χ0) is 12.7. The molecule has 0 aliphatic carbocycles. The Morgan fingerprint density at radius 2 is 2.12 bits per heavy atom. The standard InChI is InChI=1S/C12H15N3O2/c1-2-7-15-8-11(16)17-10-5-3-9(4-6-10)12(13)14/h2-6,15H,1,7-8H2,(H3,13,14). The molecule has 17 heavy (non-hydrogen) atoms. The average Bonchev–Trinajstić information content (AvgIpc) is 2.30. The summed E-state index contributed by atoms with van der Waals surface area (Å²) < 4.78 is 5.05. The molecule has 0 amide bonds. The highest BCUT2D eigenvalue weighted by atomic mass is 16.5. The molecular formula is C12H15N3O2. The van der Waals surface area contributed by atoms with Gasteiger partial charge in [0.05, 0.1) is 6.54 Å². The molecular weight excluding hydrogens is 218 g/mol. The van der Waals surface area contributed by atoms with Crippen LogP contribution in [0, 0.1) is 5.41 Å². The molecule has 90 valence electrons. The Hall–Kier alpha value is -2.14. The van der Waals surface area contributed by atoms with Gasteiger partial charge in [-0.25, -0.2) is 0 Å². The molecule has 0 aliphatic rings. The third kappa shape index (κ3) is 4.48. The second-order valence-corrected chi connectivity index (χ2v) is 3.33. The lowest BCUT2D eigenvalue weighted by molar-refractivity contribution is -0.133. The van der Waals surface area contributed by atoms with Crippen LogP contribution in [0.2, 0.25) is 0 Å². The minimum absolute atomic E-state index is 0.0180. The van der Waals surface area contributed by atoms with Crippen LogP contribution in [0.25, 0.3) is 0 Å². The van der Waals surface area contributed by atoms with E-state index in [1.807, 2.05) is 0 Å². The lowest BCUT2D eigenvalue weighted by atomic mass is 10.2. The Morgan fingerprint density at radius 3 is 2.65 bits per heavy atom. The van der Waals surface area contributed by atoms with E-state index in [2.05, 4.69) is 11.9 Å². The lowest BCUT2D eigenvalue weighted by Crippen LogP contribution is -2.26. The van der Waals surface area contributed by atoms with E-state index in [1.54, 1.807) is 30.3 Å². The second kappa shape index (κ2) is 6.44. The van der Waals surface area contributed by atoms with E-state index in [0.29, 0.717) is 17.9 Å². The molecule has 1 aromatic rings. The summed E-state index contributed by atoms with van der Waals surface area (Å²) >= 11 is 0. The van der Waals surface area contributed by atoms with Crippen molar-refractivity contribution >= 4 is 11.8 Å². The van der Waals surface area contributed by atoms with Crippen molar-refractivity contribution in [2.24, 2.45) is 5.73 Å². The summed E-state index contributed by atoms with van der Waals surface area (Å²) in [6, 6.07) is 6.45. The van der Waals surface area contributed by atoms with Gasteiger partial charge in [0.15, 0.2) is 0 Å². The number of nitrogens with two attached hydrogens (primary N) is 1. The van der Waals surface area contributed by atoms with Gasteiger partial charge in [0.1, 0.15) is 11.6 Å². The lowest BCUT2D eigenvalue weighted by Gasteiger charge is -2.05. The third-order valence-electron chi connectivity index (χ3n) is 1.96. The van der Waals surface area contributed by atoms with Crippen molar-refractivity contribution in [1.29, 1.82) is 5.41 Å². The molecule has 0 spiro atoms. The molecule has 5 nitrogen and oxygen atoms in total. The molecule has 0 heterocycles. The normalized spacial score (nSPS) is 9.65. The molecule has 0 radical (unpaired) electrons. The van der Waals surface area contributed by atoms with Gasteiger partial charge in [-0.3, -0.25) is 10.2 Å². The van der Waals surface area contributed by atoms with Crippen molar-refractivity contribution in [3.63, 3.8) is 0 Å². The van der Waals surface area contributed by atoms with Crippen LogP contribution < -0.4 is 15.8 Å². The number of benzene rings is 1. The highest BCUT2D eigenvalue weighted by Gasteiger charge is 2.04. The van der Waals surface area contributed by atoms with E-state index in [0.717, 1.165) is 0 Å². The number of hydrogen-bond donors (Lipinski definition) is 3. The number of esters is 1. The maximum atomic E-state index is 11.3. The first kappa shape index (κ1) is 12.9. The van der Waals surface area contributed by atoms with Crippen LogP contribution in [0.5, 0.6) is 5.75 Å². The maximum absolute atomic E-state index is 11.3. The molecule has 0 fully saturated rings. The molecule has 0 atom stereocenters. The van der Waals surface area contributed by atoms with Crippen molar-refractivity contribution < 1.29 is 9.53 Å². The Kier molecular flexibility index (Phi) is 4.90. The van der Waals surface area contributed by atoms with Crippen LogP contribution in [-0.4, -0.2) is 24.9 Å². The van der Waals surface area contributed by atoms with Crippen molar-refractivity contribution in [2.75, 3.05) is 13.1 Å². The minimum Gasteiger partial charge on any atom is -0.426 e. The Morgan fingerprint density at radius 1 is 1.47 bits per heavy atom. The number of rotatable bonds is 6. The van der Waals surface area contributed by atoms with Crippen molar-refractivity contribution in [3.8, 4) is 5.75 Å². The first-order valence-corrected chi connectivity index (χ1v) is 5.10. The summed E-state index contributed by atoms with van der Waals surface area (Å²) in [5.74, 6) is 0.0401. The van der Waals surface area contributed by atoms with Crippen LogP contribution in [0.15, 0.2) is 36.9 Å². The van der Waals surface area contributed by atoms with Gasteiger partial charge in [-0.1, -0.05) is 6.08 Å². The maximum Gasteiger partial charge on any atom is 0.325 e. The molecule has 4 N–H and O–H groups in total. The topological polar surface area (TPSA) is 88.2 Å². The first-order chi connectivity index (χ1) is 8.13. The second-order valence-electron chi connectivity index (χ2n) is 3.33. The highest BCUT2D eigenvalue weighted by molar-refractivity contribution is 5.95. The van der Waals surface area contributed by atoms with Gasteiger partial charge in [0.25, 0.3) is 0 Å². The first-order valence-electron chi connectivity index (χ1n) is 5.10. The molecule has 0 saturated carbocycles. The number of amidine groups is 1. The van der Waals surface area contributed by atoms with E-state index in [1.165, 1.54) is 0 Å². The molecule has 0 aliphatic heterocycles. The number of nitrogens with one attached hydrogen (secondary N) is 2. The van der Waals surface area contributed by atoms with E-state index in [4.69, 9.17) is 15.9 Å². The zero-order valence-electron chi connectivity index (χ0n) is 9.40. The fraction of sp³-hybridized carbons (Fsp3) is 0.167. The molecule has 1 aromatic carbocycles. The molecule has 0 saturated heterocycles. The predicted octanol–water partition coefficient (Wildman–Crippen LogP) is 0.652. The van der Waals surface area contributed by atoms with Gasteiger partial charge in [-0.05, 0) is 24.3 Å². The van der Waals surface area contributed by atoms with Crippen molar-refractivity contribution in [3.05, 3.63) is 42.5 Å². The van der Waals surface area contributed by atoms with Gasteiger partial charge >= 0.3 is 5.97 Å². The van der Waals surface area contributed by atoms with Crippen molar-refractivity contribution in [1.82, 2.24) is 5.32 Å². The summed E-state index contributed by atoms with van der Waals surface area (Å²) in [4.78, 5) is 11.3. The fourth-order valence-electron chi connectivity index (χ4n) is 1.15. The SMILES string of the molecule is C=CCNCC(=O)Oc1ccc(C(=N)N)cc1.